The number of pyridine rings is 1. The Hall–Kier alpha value is -1.51. The van der Waals surface area contributed by atoms with Gasteiger partial charge in [-0.1, -0.05) is 11.8 Å². The smallest absolute Gasteiger partial charge is 0.252 e. The van der Waals surface area contributed by atoms with Gasteiger partial charge >= 0.3 is 0 Å². The standard InChI is InChI=1S/C14H16N2O2S/c1-19-14(5-6-14)10-16-13(18)12-4-7-15-9-11(12)3-2-8-17/h4,7,9,17H,5-6,8,10H2,1H3,(H,16,18). The maximum atomic E-state index is 12.1. The summed E-state index contributed by atoms with van der Waals surface area (Å²) in [6.07, 6.45) is 7.49. The van der Waals surface area contributed by atoms with E-state index in [1.165, 1.54) is 0 Å². The van der Waals surface area contributed by atoms with Gasteiger partial charge in [-0.3, -0.25) is 9.78 Å². The highest BCUT2D eigenvalue weighted by Gasteiger charge is 2.42. The van der Waals surface area contributed by atoms with Gasteiger partial charge in [0.2, 0.25) is 0 Å². The number of aliphatic hydroxyl groups is 1. The van der Waals surface area contributed by atoms with Crippen LogP contribution in [0.2, 0.25) is 0 Å². The fourth-order valence-electron chi connectivity index (χ4n) is 1.76. The Morgan fingerprint density at radius 2 is 2.42 bits per heavy atom. The zero-order valence-corrected chi connectivity index (χ0v) is 11.6. The van der Waals surface area contributed by atoms with Crippen LogP contribution >= 0.6 is 11.8 Å². The molecule has 0 radical (unpaired) electrons. The molecule has 1 aromatic heterocycles. The first kappa shape index (κ1) is 13.9. The molecule has 0 saturated heterocycles. The van der Waals surface area contributed by atoms with Crippen molar-refractivity contribution in [3.8, 4) is 11.8 Å². The van der Waals surface area contributed by atoms with Crippen molar-refractivity contribution in [1.29, 1.82) is 0 Å². The van der Waals surface area contributed by atoms with Gasteiger partial charge in [-0.05, 0) is 25.2 Å². The first-order chi connectivity index (χ1) is 9.21. The predicted octanol–water partition coefficient (Wildman–Crippen LogP) is 1.05. The molecular weight excluding hydrogens is 260 g/mol. The van der Waals surface area contributed by atoms with Crippen LogP contribution in [-0.2, 0) is 0 Å². The van der Waals surface area contributed by atoms with E-state index in [-0.39, 0.29) is 17.3 Å². The molecule has 0 unspecified atom stereocenters. The highest BCUT2D eigenvalue weighted by atomic mass is 32.2. The van der Waals surface area contributed by atoms with Crippen LogP contribution in [0.5, 0.6) is 0 Å². The van der Waals surface area contributed by atoms with Crippen molar-refractivity contribution in [2.75, 3.05) is 19.4 Å². The van der Waals surface area contributed by atoms with Crippen molar-refractivity contribution in [2.24, 2.45) is 0 Å². The number of carbonyl (C=O) groups excluding carboxylic acids is 1. The average Bonchev–Trinajstić information content (AvgIpc) is 3.23. The number of rotatable bonds is 4. The highest BCUT2D eigenvalue weighted by molar-refractivity contribution is 8.00. The molecule has 0 aromatic carbocycles. The number of aliphatic hydroxyl groups excluding tert-OH is 1. The van der Waals surface area contributed by atoms with Gasteiger partial charge in [-0.2, -0.15) is 11.8 Å². The van der Waals surface area contributed by atoms with Crippen LogP contribution in [0.1, 0.15) is 28.8 Å². The predicted molar refractivity (Wildman–Crippen MR) is 76.0 cm³/mol. The van der Waals surface area contributed by atoms with E-state index < -0.39 is 0 Å². The van der Waals surface area contributed by atoms with Gasteiger partial charge in [0.25, 0.3) is 5.91 Å². The molecule has 5 heteroatoms. The summed E-state index contributed by atoms with van der Waals surface area (Å²) in [6.45, 7) is 0.452. The Morgan fingerprint density at radius 1 is 1.63 bits per heavy atom. The van der Waals surface area contributed by atoms with Crippen LogP contribution in [-0.4, -0.2) is 40.2 Å². The van der Waals surface area contributed by atoms with Crippen LogP contribution < -0.4 is 5.32 Å². The number of nitrogens with zero attached hydrogens (tertiary/aromatic N) is 1. The van der Waals surface area contributed by atoms with Gasteiger partial charge in [0.15, 0.2) is 0 Å². The molecule has 19 heavy (non-hydrogen) atoms. The molecule has 2 N–H and O–H groups in total. The lowest BCUT2D eigenvalue weighted by molar-refractivity contribution is 0.0952. The van der Waals surface area contributed by atoms with Crippen LogP contribution in [0.15, 0.2) is 18.5 Å². The maximum absolute atomic E-state index is 12.1. The summed E-state index contributed by atoms with van der Waals surface area (Å²) in [7, 11) is 0. The second-order valence-corrected chi connectivity index (χ2v) is 5.73. The summed E-state index contributed by atoms with van der Waals surface area (Å²) >= 11 is 1.81. The SMILES string of the molecule is CSC1(CNC(=O)c2ccncc2C#CCO)CC1. The van der Waals surface area contributed by atoms with Crippen molar-refractivity contribution in [2.45, 2.75) is 17.6 Å². The van der Waals surface area contributed by atoms with Gasteiger partial charge in [0.1, 0.15) is 6.61 Å². The number of hydrogen-bond donors (Lipinski definition) is 2. The molecule has 0 spiro atoms. The first-order valence-corrected chi connectivity index (χ1v) is 7.30. The third-order valence-electron chi connectivity index (χ3n) is 3.18. The lowest BCUT2D eigenvalue weighted by atomic mass is 10.1. The minimum absolute atomic E-state index is 0.134. The zero-order valence-electron chi connectivity index (χ0n) is 10.8. The Kier molecular flexibility index (Phi) is 4.46. The van der Waals surface area contributed by atoms with E-state index in [0.29, 0.717) is 17.7 Å². The van der Waals surface area contributed by atoms with Gasteiger partial charge in [0.05, 0.1) is 11.1 Å². The van der Waals surface area contributed by atoms with Gasteiger partial charge < -0.3 is 10.4 Å². The number of amides is 1. The van der Waals surface area contributed by atoms with E-state index in [1.807, 2.05) is 0 Å². The number of carbonyl (C=O) groups is 1. The number of hydrogen-bond acceptors (Lipinski definition) is 4. The van der Waals surface area contributed by atoms with Crippen molar-refractivity contribution in [3.05, 3.63) is 29.6 Å². The molecule has 1 fully saturated rings. The first-order valence-electron chi connectivity index (χ1n) is 6.08. The molecule has 1 aliphatic carbocycles. The number of aromatic nitrogens is 1. The lowest BCUT2D eigenvalue weighted by Crippen LogP contribution is -2.32. The minimum atomic E-state index is -0.231. The van der Waals surface area contributed by atoms with E-state index >= 15 is 0 Å². The number of thioether (sulfide) groups is 1. The molecule has 100 valence electrons. The molecule has 0 aliphatic heterocycles. The molecule has 1 aromatic rings. The van der Waals surface area contributed by atoms with Gasteiger partial charge in [0, 0.05) is 23.7 Å². The van der Waals surface area contributed by atoms with Crippen LogP contribution in [0, 0.1) is 11.8 Å². The molecule has 1 saturated carbocycles. The van der Waals surface area contributed by atoms with Crippen LogP contribution in [0.4, 0.5) is 0 Å². The molecule has 1 aliphatic rings. The maximum Gasteiger partial charge on any atom is 0.252 e. The fraction of sp³-hybridized carbons (Fsp3) is 0.429. The van der Waals surface area contributed by atoms with Gasteiger partial charge in [-0.15, -0.1) is 0 Å². The van der Waals surface area contributed by atoms with E-state index in [9.17, 15) is 4.79 Å². The molecule has 1 heterocycles. The monoisotopic (exact) mass is 276 g/mol. The highest BCUT2D eigenvalue weighted by Crippen LogP contribution is 2.46. The molecule has 0 bridgehead atoms. The topological polar surface area (TPSA) is 62.2 Å². The quantitative estimate of drug-likeness (QED) is 0.807. The number of nitrogens with one attached hydrogen (secondary N) is 1. The average molecular weight is 276 g/mol. The molecule has 4 nitrogen and oxygen atoms in total. The van der Waals surface area contributed by atoms with Gasteiger partial charge in [-0.25, -0.2) is 0 Å². The van der Waals surface area contributed by atoms with E-state index in [4.69, 9.17) is 5.11 Å². The molecular formula is C14H16N2O2S. The Labute approximate surface area is 117 Å². The summed E-state index contributed by atoms with van der Waals surface area (Å²) in [6, 6.07) is 1.65. The molecule has 1 amide bonds. The second-order valence-electron chi connectivity index (χ2n) is 4.45. The molecule has 2 rings (SSSR count). The summed E-state index contributed by atoms with van der Waals surface area (Å²) in [5.41, 5.74) is 1.05. The minimum Gasteiger partial charge on any atom is -0.384 e. The largest absolute Gasteiger partial charge is 0.384 e. The second kappa shape index (κ2) is 6.09. The lowest BCUT2D eigenvalue weighted by Gasteiger charge is -2.13. The summed E-state index contributed by atoms with van der Waals surface area (Å²) in [4.78, 5) is 16.1. The Bertz CT molecular complexity index is 530. The van der Waals surface area contributed by atoms with Crippen molar-refractivity contribution in [3.63, 3.8) is 0 Å². The Morgan fingerprint density at radius 3 is 3.05 bits per heavy atom. The van der Waals surface area contributed by atoms with Crippen LogP contribution in [0.3, 0.4) is 0 Å². The van der Waals surface area contributed by atoms with E-state index in [0.717, 1.165) is 12.8 Å². The molecule has 0 atom stereocenters. The van der Waals surface area contributed by atoms with Crippen molar-refractivity contribution >= 4 is 17.7 Å². The fourth-order valence-corrected chi connectivity index (χ4v) is 2.48. The third-order valence-corrected chi connectivity index (χ3v) is 4.60. The van der Waals surface area contributed by atoms with E-state index in [2.05, 4.69) is 28.4 Å². The Balaban J connectivity index is 2.06. The van der Waals surface area contributed by atoms with Crippen molar-refractivity contribution in [1.82, 2.24) is 10.3 Å². The van der Waals surface area contributed by atoms with Crippen LogP contribution in [0.25, 0.3) is 0 Å². The summed E-state index contributed by atoms with van der Waals surface area (Å²) in [5, 5.41) is 11.7. The summed E-state index contributed by atoms with van der Waals surface area (Å²) < 4.78 is 0.236. The normalized spacial score (nSPS) is 15.3. The van der Waals surface area contributed by atoms with Crippen molar-refractivity contribution < 1.29 is 9.90 Å². The van der Waals surface area contributed by atoms with E-state index in [1.54, 1.807) is 30.2 Å². The third kappa shape index (κ3) is 3.49. The summed E-state index contributed by atoms with van der Waals surface area (Å²) in [5.74, 6) is 5.14. The zero-order chi connectivity index (χ0) is 13.7.